The molecule has 9 nitrogen and oxygen atoms in total. The average molecular weight is 632 g/mol. The Kier molecular flexibility index (Phi) is 5.97. The molecule has 0 amide bonds. The molecule has 4 aliphatic heterocycles. The number of nitrogens with one attached hydrogen (secondary N) is 1. The van der Waals surface area contributed by atoms with E-state index in [2.05, 4.69) is 108 Å². The van der Waals surface area contributed by atoms with Gasteiger partial charge in [-0.2, -0.15) is 0 Å². The second kappa shape index (κ2) is 10.8. The third-order valence-corrected chi connectivity index (χ3v) is 9.09. The van der Waals surface area contributed by atoms with E-state index in [-0.39, 0.29) is 0 Å². The van der Waals surface area contributed by atoms with Crippen molar-refractivity contribution in [3.8, 4) is 0 Å². The van der Waals surface area contributed by atoms with Gasteiger partial charge in [-0.3, -0.25) is 19.9 Å². The minimum absolute atomic E-state index is 0.837. The summed E-state index contributed by atoms with van der Waals surface area (Å²) in [5.74, 6) is 0. The predicted molar refractivity (Wildman–Crippen MR) is 190 cm³/mol. The van der Waals surface area contributed by atoms with Gasteiger partial charge >= 0.3 is 0 Å². The Morgan fingerprint density at radius 1 is 0.408 bits per heavy atom. The molecule has 6 aromatic heterocycles. The fourth-order valence-electron chi connectivity index (χ4n) is 7.00. The largest absolute Gasteiger partial charge is 0.264 e. The van der Waals surface area contributed by atoms with E-state index in [4.69, 9.17) is 9.98 Å². The zero-order valence-corrected chi connectivity index (χ0v) is 25.9. The molecule has 6 aromatic rings. The maximum atomic E-state index is 5.33. The molecule has 9 heteroatoms. The normalized spacial score (nSPS) is 15.8. The van der Waals surface area contributed by atoms with Gasteiger partial charge in [0.1, 0.15) is 0 Å². The van der Waals surface area contributed by atoms with Crippen molar-refractivity contribution in [2.24, 2.45) is 9.98 Å². The minimum atomic E-state index is 0.837. The summed E-state index contributed by atoms with van der Waals surface area (Å²) in [7, 11) is 0. The van der Waals surface area contributed by atoms with Gasteiger partial charge in [-0.25, -0.2) is 24.9 Å². The van der Waals surface area contributed by atoms with Crippen LogP contribution in [0.2, 0.25) is 0 Å². The number of rotatable bonds is 4. The summed E-state index contributed by atoms with van der Waals surface area (Å²) in [6, 6.07) is 24.7. The van der Waals surface area contributed by atoms with Crippen molar-refractivity contribution in [3.63, 3.8) is 0 Å². The Labute approximate surface area is 280 Å². The van der Waals surface area contributed by atoms with Crippen LogP contribution in [-0.4, -0.2) is 40.7 Å². The highest BCUT2D eigenvalue weighted by atomic mass is 15.7. The number of aromatic nitrogens is 6. The van der Waals surface area contributed by atoms with Crippen LogP contribution < -0.4 is 16.2 Å². The average Bonchev–Trinajstić information content (AvgIpc) is 3.98. The maximum Gasteiger partial charge on any atom is 0.0747 e. The lowest BCUT2D eigenvalue weighted by Crippen LogP contribution is -2.42. The molecule has 0 saturated heterocycles. The summed E-state index contributed by atoms with van der Waals surface area (Å²) >= 11 is 0. The van der Waals surface area contributed by atoms with E-state index in [0.717, 1.165) is 89.4 Å². The van der Waals surface area contributed by atoms with Crippen LogP contribution in [0.15, 0.2) is 168 Å². The number of fused-ring (bicyclic) bond motifs is 2. The molecular formula is C40H25N9. The highest BCUT2D eigenvalue weighted by Gasteiger charge is 2.28. The maximum absolute atomic E-state index is 5.33. The van der Waals surface area contributed by atoms with Gasteiger partial charge in [-0.1, -0.05) is 24.3 Å². The van der Waals surface area contributed by atoms with Crippen molar-refractivity contribution >= 4 is 33.7 Å². The highest BCUT2D eigenvalue weighted by Crippen LogP contribution is 2.37. The summed E-state index contributed by atoms with van der Waals surface area (Å²) in [4.78, 5) is 28.7. The SMILES string of the molecule is C1=CC2=C(c3cccnc3)c3ccc4n3Nn3c(ccc3=C(c3cccnc3)C3=NC(=C4c4cccnc4)C=C3)=C(c3cccnc3)C1=N2. The van der Waals surface area contributed by atoms with Crippen molar-refractivity contribution in [2.75, 3.05) is 5.53 Å². The molecule has 10 rings (SSSR count). The second-order valence-corrected chi connectivity index (χ2v) is 11.9. The molecule has 0 saturated carbocycles. The Morgan fingerprint density at radius 2 is 0.816 bits per heavy atom. The third-order valence-electron chi connectivity index (χ3n) is 9.09. The summed E-state index contributed by atoms with van der Waals surface area (Å²) in [5, 5.41) is 1.83. The molecule has 0 aromatic carbocycles. The first-order chi connectivity index (χ1) is 24.3. The molecule has 0 fully saturated rings. The molecule has 0 aliphatic carbocycles. The van der Waals surface area contributed by atoms with Crippen molar-refractivity contribution in [3.05, 3.63) is 202 Å². The molecule has 0 atom stereocenters. The monoisotopic (exact) mass is 631 g/mol. The molecule has 49 heavy (non-hydrogen) atoms. The van der Waals surface area contributed by atoms with E-state index < -0.39 is 0 Å². The van der Waals surface area contributed by atoms with Crippen molar-refractivity contribution < 1.29 is 0 Å². The van der Waals surface area contributed by atoms with Crippen LogP contribution in [0.25, 0.3) is 22.3 Å². The van der Waals surface area contributed by atoms with Crippen LogP contribution >= 0.6 is 0 Å². The third kappa shape index (κ3) is 4.26. The van der Waals surface area contributed by atoms with E-state index in [1.165, 1.54) is 0 Å². The zero-order valence-electron chi connectivity index (χ0n) is 25.9. The number of hydrogen-bond acceptors (Lipinski definition) is 7. The van der Waals surface area contributed by atoms with Gasteiger partial charge in [0.05, 0.1) is 44.9 Å². The Balaban J connectivity index is 1.43. The molecule has 230 valence electrons. The summed E-state index contributed by atoms with van der Waals surface area (Å²) in [6.45, 7) is 0. The van der Waals surface area contributed by atoms with Crippen molar-refractivity contribution in [1.29, 1.82) is 0 Å². The standard InChI is InChI=1S/C40H25N9/c1-5-25(21-41-17-1)37-29-9-10-30(45-29)38(26-6-2-18-42-22-26)35-15-16-36-40(28-8-4-20-44-24-28)32-12-11-31(46-32)39(27-7-3-19-43-23-27)34-14-13-33(37)48(34)47-49(35)36/h1-24,47H. The zero-order chi connectivity index (χ0) is 32.3. The molecule has 1 N–H and O–H groups in total. The van der Waals surface area contributed by atoms with Crippen LogP contribution in [0.3, 0.4) is 0 Å². The van der Waals surface area contributed by atoms with Gasteiger partial charge < -0.3 is 0 Å². The molecule has 6 bridgehead atoms. The van der Waals surface area contributed by atoms with Crippen LogP contribution in [0.4, 0.5) is 0 Å². The number of allylic oxidation sites excluding steroid dienone is 4. The van der Waals surface area contributed by atoms with E-state index in [9.17, 15) is 0 Å². The van der Waals surface area contributed by atoms with Gasteiger partial charge in [0.2, 0.25) is 0 Å². The predicted octanol–water partition coefficient (Wildman–Crippen LogP) is 4.84. The number of aliphatic imine (C=N–C) groups is 2. The van der Waals surface area contributed by atoms with Crippen LogP contribution in [0.5, 0.6) is 0 Å². The first kappa shape index (κ1) is 27.1. The van der Waals surface area contributed by atoms with Gasteiger partial charge in [0.15, 0.2) is 0 Å². The molecule has 0 spiro atoms. The molecule has 10 heterocycles. The first-order valence-electron chi connectivity index (χ1n) is 15.9. The fraction of sp³-hybridized carbons (Fsp3) is 0. The lowest BCUT2D eigenvalue weighted by molar-refractivity contribution is 0.710. The summed E-state index contributed by atoms with van der Waals surface area (Å²) in [6.07, 6.45) is 23.1. The van der Waals surface area contributed by atoms with Gasteiger partial charge in [-0.15, -0.1) is 0 Å². The van der Waals surface area contributed by atoms with E-state index in [1.807, 2.05) is 49.1 Å². The Morgan fingerprint density at radius 3 is 1.20 bits per heavy atom. The smallest absolute Gasteiger partial charge is 0.0747 e. The topological polar surface area (TPSA) is 98.2 Å². The molecule has 0 unspecified atom stereocenters. The van der Waals surface area contributed by atoms with Crippen LogP contribution in [0.1, 0.15) is 33.6 Å². The Bertz CT molecular complexity index is 2460. The molecule has 0 radical (unpaired) electrons. The Hall–Kier alpha value is -7.00. The number of pyridine rings is 4. The molecular weight excluding hydrogens is 607 g/mol. The fourth-order valence-corrected chi connectivity index (χ4v) is 7.00. The summed E-state index contributed by atoms with van der Waals surface area (Å²) < 4.78 is 4.28. The van der Waals surface area contributed by atoms with Gasteiger partial charge in [0, 0.05) is 94.1 Å². The number of hydrogen-bond donors (Lipinski definition) is 1. The summed E-state index contributed by atoms with van der Waals surface area (Å²) in [5.41, 5.74) is 16.6. The number of nitrogens with zero attached hydrogens (tertiary/aromatic N) is 8. The second-order valence-electron chi connectivity index (χ2n) is 11.9. The minimum Gasteiger partial charge on any atom is -0.264 e. The van der Waals surface area contributed by atoms with E-state index >= 15 is 0 Å². The van der Waals surface area contributed by atoms with Gasteiger partial charge in [-0.05, 0) is 72.8 Å². The lowest BCUT2D eigenvalue weighted by Gasteiger charge is -2.23. The lowest BCUT2D eigenvalue weighted by atomic mass is 10.0. The van der Waals surface area contributed by atoms with E-state index in [1.54, 1.807) is 24.8 Å². The highest BCUT2D eigenvalue weighted by molar-refractivity contribution is 6.31. The van der Waals surface area contributed by atoms with E-state index in [0.29, 0.717) is 0 Å². The van der Waals surface area contributed by atoms with Crippen molar-refractivity contribution in [1.82, 2.24) is 29.3 Å². The molecule has 4 aliphatic rings. The quantitative estimate of drug-likeness (QED) is 0.300. The van der Waals surface area contributed by atoms with Gasteiger partial charge in [0.25, 0.3) is 0 Å². The van der Waals surface area contributed by atoms with Crippen LogP contribution in [-0.2, 0) is 0 Å². The van der Waals surface area contributed by atoms with Crippen LogP contribution in [0, 0.1) is 0 Å². The first-order valence-corrected chi connectivity index (χ1v) is 15.9. The van der Waals surface area contributed by atoms with Crippen molar-refractivity contribution in [2.45, 2.75) is 0 Å².